The number of hydrogen-bond donors (Lipinski definition) is 1. The van der Waals surface area contributed by atoms with Crippen LogP contribution in [0.25, 0.3) is 10.2 Å². The fourth-order valence-electron chi connectivity index (χ4n) is 1.73. The summed E-state index contributed by atoms with van der Waals surface area (Å²) in [5.74, 6) is 0. The second kappa shape index (κ2) is 4.79. The molecule has 104 valence electrons. The molecule has 2 heterocycles. The SMILES string of the molecule is Cn1nnc(Br)c1S(=O)(=O)Nc1ccc2ncsc2c1. The van der Waals surface area contributed by atoms with Gasteiger partial charge in [-0.2, -0.15) is 8.42 Å². The molecular weight excluding hydrogens is 366 g/mol. The Bertz CT molecular complexity index is 867. The molecule has 1 aromatic carbocycles. The van der Waals surface area contributed by atoms with E-state index < -0.39 is 10.0 Å². The topological polar surface area (TPSA) is 89.8 Å². The first-order chi connectivity index (χ1) is 9.47. The van der Waals surface area contributed by atoms with Crippen LogP contribution in [0.4, 0.5) is 5.69 Å². The highest BCUT2D eigenvalue weighted by molar-refractivity contribution is 9.10. The quantitative estimate of drug-likeness (QED) is 0.757. The molecule has 7 nitrogen and oxygen atoms in total. The minimum atomic E-state index is -3.76. The van der Waals surface area contributed by atoms with Gasteiger partial charge in [-0.3, -0.25) is 4.72 Å². The molecule has 0 fully saturated rings. The Kier molecular flexibility index (Phi) is 3.22. The number of benzene rings is 1. The standard InChI is InChI=1S/C10H8BrN5O2S2/c1-16-10(9(11)13-15-16)20(17,18)14-6-2-3-7-8(4-6)19-5-12-7/h2-5,14H,1H3. The number of sulfonamides is 1. The van der Waals surface area contributed by atoms with Crippen molar-refractivity contribution in [3.8, 4) is 0 Å². The first-order valence-electron chi connectivity index (χ1n) is 5.38. The number of thiazole rings is 1. The maximum atomic E-state index is 12.3. The Labute approximate surface area is 126 Å². The van der Waals surface area contributed by atoms with E-state index in [9.17, 15) is 8.42 Å². The van der Waals surface area contributed by atoms with Crippen molar-refractivity contribution < 1.29 is 8.42 Å². The summed E-state index contributed by atoms with van der Waals surface area (Å²) in [5, 5.41) is 7.30. The molecule has 3 aromatic rings. The van der Waals surface area contributed by atoms with Crippen LogP contribution in [-0.4, -0.2) is 28.4 Å². The van der Waals surface area contributed by atoms with Crippen LogP contribution in [0.3, 0.4) is 0 Å². The zero-order chi connectivity index (χ0) is 14.3. The molecule has 0 radical (unpaired) electrons. The minimum absolute atomic E-state index is 0.0260. The van der Waals surface area contributed by atoms with E-state index in [0.717, 1.165) is 10.2 Å². The van der Waals surface area contributed by atoms with E-state index in [4.69, 9.17) is 0 Å². The predicted octanol–water partition coefficient (Wildman–Crippen LogP) is 1.99. The molecular formula is C10H8BrN5O2S2. The Morgan fingerprint density at radius 1 is 1.40 bits per heavy atom. The lowest BCUT2D eigenvalue weighted by atomic mass is 10.3. The van der Waals surface area contributed by atoms with Gasteiger partial charge in [0, 0.05) is 7.05 Å². The maximum Gasteiger partial charge on any atom is 0.281 e. The normalized spacial score (nSPS) is 11.9. The summed E-state index contributed by atoms with van der Waals surface area (Å²) in [6.07, 6.45) is 0. The molecule has 3 rings (SSSR count). The number of nitrogens with zero attached hydrogens (tertiary/aromatic N) is 4. The molecule has 0 bridgehead atoms. The Balaban J connectivity index is 2.01. The summed E-state index contributed by atoms with van der Waals surface area (Å²) in [7, 11) is -2.25. The summed E-state index contributed by atoms with van der Waals surface area (Å²) in [6, 6.07) is 5.17. The first-order valence-corrected chi connectivity index (χ1v) is 8.54. The number of rotatable bonds is 3. The zero-order valence-electron chi connectivity index (χ0n) is 10.1. The molecule has 0 spiro atoms. The third kappa shape index (κ3) is 2.30. The fraction of sp³-hybridized carbons (Fsp3) is 0.100. The van der Waals surface area contributed by atoms with Gasteiger partial charge >= 0.3 is 0 Å². The van der Waals surface area contributed by atoms with E-state index in [1.165, 1.54) is 23.1 Å². The van der Waals surface area contributed by atoms with Crippen LogP contribution in [0.1, 0.15) is 0 Å². The van der Waals surface area contributed by atoms with E-state index in [0.29, 0.717) is 5.69 Å². The molecule has 0 atom stereocenters. The van der Waals surface area contributed by atoms with Crippen LogP contribution in [0, 0.1) is 0 Å². The molecule has 0 aliphatic heterocycles. The van der Waals surface area contributed by atoms with E-state index >= 15 is 0 Å². The van der Waals surface area contributed by atoms with E-state index in [1.807, 2.05) is 0 Å². The molecule has 20 heavy (non-hydrogen) atoms. The van der Waals surface area contributed by atoms with Gasteiger partial charge in [0.05, 0.1) is 21.4 Å². The van der Waals surface area contributed by atoms with Crippen molar-refractivity contribution in [3.05, 3.63) is 28.3 Å². The fourth-order valence-corrected chi connectivity index (χ4v) is 4.59. The van der Waals surface area contributed by atoms with Crippen molar-refractivity contribution in [2.45, 2.75) is 5.03 Å². The average Bonchev–Trinajstić information content (AvgIpc) is 2.95. The van der Waals surface area contributed by atoms with E-state index in [2.05, 4.69) is 35.9 Å². The van der Waals surface area contributed by atoms with Crippen molar-refractivity contribution >= 4 is 53.2 Å². The van der Waals surface area contributed by atoms with Crippen LogP contribution < -0.4 is 4.72 Å². The maximum absolute atomic E-state index is 12.3. The number of aryl methyl sites for hydroxylation is 1. The third-order valence-corrected chi connectivity index (χ3v) is 5.63. The van der Waals surface area contributed by atoms with Gasteiger partial charge in [0.25, 0.3) is 10.0 Å². The molecule has 0 unspecified atom stereocenters. The van der Waals surface area contributed by atoms with Crippen molar-refractivity contribution in [3.63, 3.8) is 0 Å². The Morgan fingerprint density at radius 2 is 2.20 bits per heavy atom. The van der Waals surface area contributed by atoms with Gasteiger partial charge in [-0.1, -0.05) is 5.21 Å². The summed E-state index contributed by atoms with van der Waals surface area (Å²) in [5.41, 5.74) is 3.01. The number of halogens is 1. The highest BCUT2D eigenvalue weighted by atomic mass is 79.9. The van der Waals surface area contributed by atoms with Crippen molar-refractivity contribution in [2.24, 2.45) is 7.05 Å². The van der Waals surface area contributed by atoms with Crippen LogP contribution in [-0.2, 0) is 17.1 Å². The van der Waals surface area contributed by atoms with Gasteiger partial charge in [-0.05, 0) is 34.1 Å². The minimum Gasteiger partial charge on any atom is -0.278 e. The lowest BCUT2D eigenvalue weighted by Crippen LogP contribution is -2.17. The number of fused-ring (bicyclic) bond motifs is 1. The molecule has 0 saturated carbocycles. The average molecular weight is 374 g/mol. The first kappa shape index (κ1) is 13.5. The zero-order valence-corrected chi connectivity index (χ0v) is 13.3. The van der Waals surface area contributed by atoms with Crippen molar-refractivity contribution in [1.29, 1.82) is 0 Å². The lowest BCUT2D eigenvalue weighted by Gasteiger charge is -2.07. The number of anilines is 1. The Hall–Kier alpha value is -1.52. The third-order valence-electron chi connectivity index (χ3n) is 2.58. The van der Waals surface area contributed by atoms with Gasteiger partial charge in [0.1, 0.15) is 0 Å². The van der Waals surface area contributed by atoms with E-state index in [1.54, 1.807) is 23.7 Å². The predicted molar refractivity (Wildman–Crippen MR) is 79.1 cm³/mol. The summed E-state index contributed by atoms with van der Waals surface area (Å²) < 4.78 is 29.4. The van der Waals surface area contributed by atoms with Gasteiger partial charge in [0.15, 0.2) is 4.60 Å². The number of aromatic nitrogens is 4. The molecule has 10 heteroatoms. The molecule has 1 N–H and O–H groups in total. The molecule has 0 saturated heterocycles. The Morgan fingerprint density at radius 3 is 2.90 bits per heavy atom. The van der Waals surface area contributed by atoms with Crippen molar-refractivity contribution in [1.82, 2.24) is 20.0 Å². The highest BCUT2D eigenvalue weighted by Crippen LogP contribution is 2.25. The van der Waals surface area contributed by atoms with Crippen LogP contribution >= 0.6 is 27.3 Å². The second-order valence-electron chi connectivity index (χ2n) is 3.95. The largest absolute Gasteiger partial charge is 0.281 e. The van der Waals surface area contributed by atoms with Gasteiger partial charge in [0.2, 0.25) is 5.03 Å². The van der Waals surface area contributed by atoms with Crippen LogP contribution in [0.2, 0.25) is 0 Å². The van der Waals surface area contributed by atoms with Crippen LogP contribution in [0.5, 0.6) is 0 Å². The van der Waals surface area contributed by atoms with Crippen LogP contribution in [0.15, 0.2) is 33.3 Å². The summed E-state index contributed by atoms with van der Waals surface area (Å²) >= 11 is 4.52. The molecule has 0 amide bonds. The number of nitrogens with one attached hydrogen (secondary N) is 1. The second-order valence-corrected chi connectivity index (χ2v) is 7.18. The van der Waals surface area contributed by atoms with E-state index in [-0.39, 0.29) is 9.63 Å². The van der Waals surface area contributed by atoms with Gasteiger partial charge in [-0.25, -0.2) is 9.67 Å². The van der Waals surface area contributed by atoms with Gasteiger partial charge in [-0.15, -0.1) is 16.4 Å². The smallest absolute Gasteiger partial charge is 0.278 e. The molecule has 0 aliphatic rings. The van der Waals surface area contributed by atoms with Crippen molar-refractivity contribution in [2.75, 3.05) is 4.72 Å². The lowest BCUT2D eigenvalue weighted by molar-refractivity contribution is 0.578. The van der Waals surface area contributed by atoms with Gasteiger partial charge < -0.3 is 0 Å². The summed E-state index contributed by atoms with van der Waals surface area (Å²) in [4.78, 5) is 4.14. The summed E-state index contributed by atoms with van der Waals surface area (Å²) in [6.45, 7) is 0. The number of hydrogen-bond acceptors (Lipinski definition) is 6. The highest BCUT2D eigenvalue weighted by Gasteiger charge is 2.24. The monoisotopic (exact) mass is 373 g/mol. The molecule has 2 aromatic heterocycles. The molecule has 0 aliphatic carbocycles.